The van der Waals surface area contributed by atoms with Gasteiger partial charge in [0.05, 0.1) is 0 Å². The second kappa shape index (κ2) is 8.57. The molecule has 0 amide bonds. The molecule has 92 valence electrons. The zero-order valence-corrected chi connectivity index (χ0v) is 10.8. The van der Waals surface area contributed by atoms with E-state index in [0.29, 0.717) is 0 Å². The van der Waals surface area contributed by atoms with Gasteiger partial charge in [0, 0.05) is 24.3 Å². The molecule has 0 saturated carbocycles. The number of hydrogen-bond donors (Lipinski definition) is 1. The zero-order chi connectivity index (χ0) is 12.3. The van der Waals surface area contributed by atoms with Crippen molar-refractivity contribution in [3.05, 3.63) is 54.1 Å². The second-order valence-electron chi connectivity index (χ2n) is 4.06. The highest BCUT2D eigenvalue weighted by Gasteiger charge is 1.95. The van der Waals surface area contributed by atoms with Crippen LogP contribution >= 0.6 is 0 Å². The first kappa shape index (κ1) is 13.5. The highest BCUT2D eigenvalue weighted by molar-refractivity contribution is 5.16. The molecule has 0 bridgehead atoms. The molecule has 0 fully saturated rings. The van der Waals surface area contributed by atoms with Crippen molar-refractivity contribution in [2.75, 3.05) is 0 Å². The maximum Gasteiger partial charge on any atom is 0.0267 e. The summed E-state index contributed by atoms with van der Waals surface area (Å²) in [6.07, 6.45) is 10.5. The molecule has 2 nitrogen and oxygen atoms in total. The number of nitrogens with zero attached hydrogens (tertiary/aromatic N) is 1. The lowest BCUT2D eigenvalue weighted by molar-refractivity contribution is 0.891. The van der Waals surface area contributed by atoms with Crippen LogP contribution in [0.4, 0.5) is 0 Å². The van der Waals surface area contributed by atoms with Crippen LogP contribution in [0.25, 0.3) is 0 Å². The van der Waals surface area contributed by atoms with E-state index in [2.05, 4.69) is 36.1 Å². The van der Waals surface area contributed by atoms with Gasteiger partial charge in [0.25, 0.3) is 0 Å². The first-order valence-electron chi connectivity index (χ1n) is 6.38. The molecule has 0 aliphatic carbocycles. The van der Waals surface area contributed by atoms with Gasteiger partial charge < -0.3 is 4.98 Å². The maximum absolute atomic E-state index is 3.78. The molecule has 0 radical (unpaired) electrons. The third-order valence-electron chi connectivity index (χ3n) is 2.43. The molecule has 0 aliphatic rings. The molecule has 2 heteroatoms. The van der Waals surface area contributed by atoms with E-state index in [1.807, 2.05) is 18.2 Å². The van der Waals surface area contributed by atoms with Gasteiger partial charge in [-0.1, -0.05) is 32.8 Å². The van der Waals surface area contributed by atoms with Crippen LogP contribution in [-0.4, -0.2) is 9.97 Å². The van der Waals surface area contributed by atoms with E-state index < -0.39 is 0 Å². The van der Waals surface area contributed by atoms with Crippen LogP contribution < -0.4 is 0 Å². The molecule has 2 aromatic heterocycles. The molecule has 1 N–H and O–H groups in total. The van der Waals surface area contributed by atoms with Crippen molar-refractivity contribution in [1.29, 1.82) is 0 Å². The molecule has 2 rings (SSSR count). The van der Waals surface area contributed by atoms with Crippen LogP contribution in [0.5, 0.6) is 0 Å². The fraction of sp³-hybridized carbons (Fsp3) is 0.400. The Balaban J connectivity index is 0.000000202. The second-order valence-corrected chi connectivity index (χ2v) is 4.06. The van der Waals surface area contributed by atoms with Gasteiger partial charge in [-0.25, -0.2) is 0 Å². The van der Waals surface area contributed by atoms with Crippen LogP contribution in [0.3, 0.4) is 0 Å². The third kappa shape index (κ3) is 5.91. The van der Waals surface area contributed by atoms with E-state index >= 15 is 0 Å². The Bertz CT molecular complexity index is 332. The van der Waals surface area contributed by atoms with Crippen LogP contribution in [-0.2, 0) is 12.8 Å². The van der Waals surface area contributed by atoms with Crippen LogP contribution in [0.1, 0.15) is 37.9 Å². The van der Waals surface area contributed by atoms with Crippen molar-refractivity contribution < 1.29 is 0 Å². The normalized spacial score (nSPS) is 9.53. The quantitative estimate of drug-likeness (QED) is 0.845. The number of H-pyrrole nitrogens is 1. The molecule has 0 atom stereocenters. The van der Waals surface area contributed by atoms with Gasteiger partial charge in [0.2, 0.25) is 0 Å². The molecule has 0 unspecified atom stereocenters. The standard InChI is InChI=1S/C10H17N.C5H5N/c1-3-5-9-7-10(6-4-2)11-8-9;1-2-4-6-5-3-1/h7-8,11H,3-6H2,1-2H3;1-5H. The first-order valence-corrected chi connectivity index (χ1v) is 6.38. The molecule has 0 aliphatic heterocycles. The Morgan fingerprint density at radius 1 is 1.00 bits per heavy atom. The van der Waals surface area contributed by atoms with E-state index in [0.717, 1.165) is 0 Å². The third-order valence-corrected chi connectivity index (χ3v) is 2.43. The summed E-state index contributed by atoms with van der Waals surface area (Å²) >= 11 is 0. The van der Waals surface area contributed by atoms with Gasteiger partial charge in [0.1, 0.15) is 0 Å². The van der Waals surface area contributed by atoms with E-state index in [1.54, 1.807) is 12.4 Å². The van der Waals surface area contributed by atoms with Gasteiger partial charge in [-0.05, 0) is 36.6 Å². The van der Waals surface area contributed by atoms with E-state index in [-0.39, 0.29) is 0 Å². The Kier molecular flexibility index (Phi) is 6.80. The summed E-state index contributed by atoms with van der Waals surface area (Å²) in [6.45, 7) is 4.42. The number of pyridine rings is 1. The minimum atomic E-state index is 1.18. The number of aromatic nitrogens is 2. The lowest BCUT2D eigenvalue weighted by Gasteiger charge is -1.90. The number of aryl methyl sites for hydroxylation is 2. The average Bonchev–Trinajstić information content (AvgIpc) is 2.81. The summed E-state index contributed by atoms with van der Waals surface area (Å²) in [5.74, 6) is 0. The minimum Gasteiger partial charge on any atom is -0.365 e. The van der Waals surface area contributed by atoms with Crippen LogP contribution in [0.15, 0.2) is 42.9 Å². The van der Waals surface area contributed by atoms with Crippen molar-refractivity contribution in [2.45, 2.75) is 39.5 Å². The number of rotatable bonds is 4. The number of hydrogen-bond acceptors (Lipinski definition) is 1. The average molecular weight is 230 g/mol. The maximum atomic E-state index is 3.78. The summed E-state index contributed by atoms with van der Waals surface area (Å²) < 4.78 is 0. The topological polar surface area (TPSA) is 28.7 Å². The summed E-state index contributed by atoms with van der Waals surface area (Å²) in [6, 6.07) is 8.00. The van der Waals surface area contributed by atoms with Crippen molar-refractivity contribution in [2.24, 2.45) is 0 Å². The number of aromatic amines is 1. The molecule has 2 heterocycles. The summed E-state index contributed by atoms with van der Waals surface area (Å²) in [5, 5.41) is 0. The Hall–Kier alpha value is -1.57. The van der Waals surface area contributed by atoms with E-state index in [9.17, 15) is 0 Å². The molecular formula is C15H22N2. The van der Waals surface area contributed by atoms with Gasteiger partial charge in [-0.15, -0.1) is 0 Å². The lowest BCUT2D eigenvalue weighted by Crippen LogP contribution is -1.80. The van der Waals surface area contributed by atoms with Crippen molar-refractivity contribution in [3.63, 3.8) is 0 Å². The zero-order valence-electron chi connectivity index (χ0n) is 10.8. The fourth-order valence-electron chi connectivity index (χ4n) is 1.65. The molecule has 0 aromatic carbocycles. The Labute approximate surface area is 104 Å². The molecular weight excluding hydrogens is 208 g/mol. The largest absolute Gasteiger partial charge is 0.365 e. The summed E-state index contributed by atoms with van der Waals surface area (Å²) in [7, 11) is 0. The Morgan fingerprint density at radius 3 is 2.18 bits per heavy atom. The predicted octanol–water partition coefficient (Wildman–Crippen LogP) is 4.00. The van der Waals surface area contributed by atoms with Crippen LogP contribution in [0.2, 0.25) is 0 Å². The molecule has 2 aromatic rings. The van der Waals surface area contributed by atoms with E-state index in [4.69, 9.17) is 0 Å². The monoisotopic (exact) mass is 230 g/mol. The summed E-state index contributed by atoms with van der Waals surface area (Å²) in [5.41, 5.74) is 2.84. The van der Waals surface area contributed by atoms with Crippen LogP contribution in [0, 0.1) is 0 Å². The van der Waals surface area contributed by atoms with Gasteiger partial charge in [-0.3, -0.25) is 4.98 Å². The molecule has 17 heavy (non-hydrogen) atoms. The molecule has 0 saturated heterocycles. The van der Waals surface area contributed by atoms with Crippen molar-refractivity contribution in [1.82, 2.24) is 9.97 Å². The summed E-state index contributed by atoms with van der Waals surface area (Å²) in [4.78, 5) is 7.08. The fourth-order valence-corrected chi connectivity index (χ4v) is 1.65. The van der Waals surface area contributed by atoms with Crippen molar-refractivity contribution in [3.8, 4) is 0 Å². The van der Waals surface area contributed by atoms with E-state index in [1.165, 1.54) is 36.9 Å². The first-order chi connectivity index (χ1) is 8.36. The van der Waals surface area contributed by atoms with Crippen molar-refractivity contribution >= 4 is 0 Å². The highest BCUT2D eigenvalue weighted by atomic mass is 14.7. The number of nitrogens with one attached hydrogen (secondary N) is 1. The minimum absolute atomic E-state index is 1.18. The van der Waals surface area contributed by atoms with Gasteiger partial charge in [0.15, 0.2) is 0 Å². The Morgan fingerprint density at radius 2 is 1.71 bits per heavy atom. The highest BCUT2D eigenvalue weighted by Crippen LogP contribution is 2.07. The van der Waals surface area contributed by atoms with Gasteiger partial charge >= 0.3 is 0 Å². The van der Waals surface area contributed by atoms with Gasteiger partial charge in [-0.2, -0.15) is 0 Å². The molecule has 0 spiro atoms. The predicted molar refractivity (Wildman–Crippen MR) is 73.0 cm³/mol. The lowest BCUT2D eigenvalue weighted by atomic mass is 10.2. The SMILES string of the molecule is CCCc1c[nH]c(CCC)c1.c1ccncc1. The smallest absolute Gasteiger partial charge is 0.0267 e.